The summed E-state index contributed by atoms with van der Waals surface area (Å²) in [5.41, 5.74) is 17.6. The lowest BCUT2D eigenvalue weighted by atomic mass is 9.80. The van der Waals surface area contributed by atoms with Crippen LogP contribution in [0.2, 0.25) is 0 Å². The van der Waals surface area contributed by atoms with Gasteiger partial charge >= 0.3 is 0 Å². The molecule has 7 rings (SSSR count). The van der Waals surface area contributed by atoms with Gasteiger partial charge in [-0.15, -0.1) is 10.2 Å². The Morgan fingerprint density at radius 3 is 1.32 bits per heavy atom. The zero-order chi connectivity index (χ0) is 30.5. The molecule has 12 heteroatoms. The smallest absolute Gasteiger partial charge is 0.244 e. The summed E-state index contributed by atoms with van der Waals surface area (Å²) in [4.78, 5) is 0. The zero-order valence-corrected chi connectivity index (χ0v) is 22.6. The summed E-state index contributed by atoms with van der Waals surface area (Å²) in [6.45, 7) is 0. The predicted octanol–water partition coefficient (Wildman–Crippen LogP) is 5.18. The SMILES string of the molecule is N#CC1=C(N)Oc2n[nH]c(-c3ccc(F)cc3)c2[C@H]1c1ccc([C@@H]2C(C#N)=C(N)Oc3n[nH]c(-c4ccc(F)cc4)c32)cc1. The number of nitrogens with zero attached hydrogens (tertiary/aromatic N) is 4. The maximum atomic E-state index is 13.7. The van der Waals surface area contributed by atoms with Crippen LogP contribution in [0.4, 0.5) is 8.78 Å². The summed E-state index contributed by atoms with van der Waals surface area (Å²) in [5, 5.41) is 34.6. The molecule has 2 atom stereocenters. The average molecular weight is 587 g/mol. The average Bonchev–Trinajstić information content (AvgIpc) is 3.65. The first kappa shape index (κ1) is 26.5. The van der Waals surface area contributed by atoms with Crippen molar-refractivity contribution in [1.29, 1.82) is 10.5 Å². The van der Waals surface area contributed by atoms with Gasteiger partial charge in [-0.2, -0.15) is 10.5 Å². The van der Waals surface area contributed by atoms with Crippen molar-refractivity contribution in [2.75, 3.05) is 0 Å². The molecule has 6 N–H and O–H groups in total. The highest BCUT2D eigenvalue weighted by Crippen LogP contribution is 2.48. The fourth-order valence-corrected chi connectivity index (χ4v) is 5.71. The molecule has 0 amide bonds. The molecule has 44 heavy (non-hydrogen) atoms. The fraction of sp³-hybridized carbons (Fsp3) is 0.0625. The topological polar surface area (TPSA) is 175 Å². The van der Waals surface area contributed by atoms with Crippen LogP contribution in [0, 0.1) is 34.3 Å². The van der Waals surface area contributed by atoms with Crippen LogP contribution in [0.15, 0.2) is 95.7 Å². The number of aromatic nitrogens is 4. The Labute approximate surface area is 248 Å². The molecule has 0 spiro atoms. The van der Waals surface area contributed by atoms with Crippen molar-refractivity contribution < 1.29 is 18.3 Å². The number of aromatic amines is 2. The van der Waals surface area contributed by atoms with E-state index in [0.717, 1.165) is 0 Å². The summed E-state index contributed by atoms with van der Waals surface area (Å²) in [5.74, 6) is -1.87. The number of nitrogens with two attached hydrogens (primary N) is 2. The van der Waals surface area contributed by atoms with Crippen molar-refractivity contribution in [1.82, 2.24) is 20.4 Å². The molecule has 2 aliphatic rings. The molecular formula is C32H20F2N8O2. The number of nitriles is 2. The molecule has 10 nitrogen and oxygen atoms in total. The first-order valence-electron chi connectivity index (χ1n) is 13.3. The monoisotopic (exact) mass is 586 g/mol. The van der Waals surface area contributed by atoms with E-state index in [1.165, 1.54) is 24.3 Å². The van der Waals surface area contributed by atoms with Gasteiger partial charge in [-0.1, -0.05) is 24.3 Å². The molecule has 0 saturated carbocycles. The second-order valence-electron chi connectivity index (χ2n) is 10.2. The summed E-state index contributed by atoms with van der Waals surface area (Å²) in [6, 6.07) is 23.3. The van der Waals surface area contributed by atoms with E-state index in [1.807, 2.05) is 24.3 Å². The van der Waals surface area contributed by atoms with Gasteiger partial charge in [-0.25, -0.2) is 8.78 Å². The van der Waals surface area contributed by atoms with Crippen LogP contribution in [-0.4, -0.2) is 20.4 Å². The summed E-state index contributed by atoms with van der Waals surface area (Å²) < 4.78 is 38.7. The van der Waals surface area contributed by atoms with Gasteiger partial charge in [0.2, 0.25) is 23.5 Å². The van der Waals surface area contributed by atoms with Crippen LogP contribution in [-0.2, 0) is 0 Å². The highest BCUT2D eigenvalue weighted by atomic mass is 19.1. The van der Waals surface area contributed by atoms with Crippen LogP contribution >= 0.6 is 0 Å². The number of rotatable bonds is 4. The van der Waals surface area contributed by atoms with E-state index in [2.05, 4.69) is 32.5 Å². The van der Waals surface area contributed by atoms with Gasteiger partial charge in [-0.05, 0) is 59.7 Å². The number of ether oxygens (including phenoxy) is 2. The third-order valence-corrected chi connectivity index (χ3v) is 7.75. The highest BCUT2D eigenvalue weighted by molar-refractivity contribution is 5.72. The van der Waals surface area contributed by atoms with Gasteiger partial charge in [0, 0.05) is 11.1 Å². The van der Waals surface area contributed by atoms with E-state index in [-0.39, 0.29) is 34.7 Å². The largest absolute Gasteiger partial charge is 0.420 e. The van der Waals surface area contributed by atoms with Crippen molar-refractivity contribution in [3.63, 3.8) is 0 Å². The summed E-state index contributed by atoms with van der Waals surface area (Å²) in [6.07, 6.45) is 0. The first-order chi connectivity index (χ1) is 21.4. The molecule has 4 heterocycles. The van der Waals surface area contributed by atoms with Crippen molar-refractivity contribution in [3.05, 3.63) is 130 Å². The second kappa shape index (κ2) is 10.2. The van der Waals surface area contributed by atoms with Gasteiger partial charge in [0.15, 0.2) is 0 Å². The van der Waals surface area contributed by atoms with Gasteiger partial charge in [0.25, 0.3) is 0 Å². The number of halogens is 2. The Hall–Kier alpha value is -6.40. The minimum Gasteiger partial charge on any atom is -0.420 e. The van der Waals surface area contributed by atoms with Crippen molar-refractivity contribution in [2.24, 2.45) is 11.5 Å². The van der Waals surface area contributed by atoms with Crippen molar-refractivity contribution >= 4 is 0 Å². The maximum absolute atomic E-state index is 13.7. The second-order valence-corrected chi connectivity index (χ2v) is 10.2. The van der Waals surface area contributed by atoms with Crippen LogP contribution in [0.1, 0.15) is 34.1 Å². The Balaban J connectivity index is 1.34. The maximum Gasteiger partial charge on any atom is 0.244 e. The Bertz CT molecular complexity index is 1930. The number of hydrogen-bond donors (Lipinski definition) is 4. The Morgan fingerprint density at radius 1 is 0.614 bits per heavy atom. The van der Waals surface area contributed by atoms with Gasteiger partial charge in [-0.3, -0.25) is 10.2 Å². The van der Waals surface area contributed by atoms with Gasteiger partial charge in [0.05, 0.1) is 34.4 Å². The molecule has 0 bridgehead atoms. The van der Waals surface area contributed by atoms with Crippen LogP contribution in [0.3, 0.4) is 0 Å². The first-order valence-corrected chi connectivity index (χ1v) is 13.3. The normalized spacial score (nSPS) is 17.2. The molecule has 5 aromatic rings. The number of benzene rings is 3. The number of H-pyrrole nitrogens is 2. The van der Waals surface area contributed by atoms with Gasteiger partial charge in [0.1, 0.15) is 34.9 Å². The zero-order valence-electron chi connectivity index (χ0n) is 22.6. The van der Waals surface area contributed by atoms with Crippen molar-refractivity contribution in [2.45, 2.75) is 11.8 Å². The van der Waals surface area contributed by atoms with Crippen LogP contribution in [0.25, 0.3) is 22.5 Å². The number of fused-ring (bicyclic) bond motifs is 2. The lowest BCUT2D eigenvalue weighted by Gasteiger charge is -2.26. The summed E-state index contributed by atoms with van der Waals surface area (Å²) in [7, 11) is 0. The molecule has 214 valence electrons. The molecule has 2 aliphatic heterocycles. The molecule has 0 aliphatic carbocycles. The molecule has 0 fully saturated rings. The van der Waals surface area contributed by atoms with E-state index in [0.29, 0.717) is 44.8 Å². The lowest BCUT2D eigenvalue weighted by Crippen LogP contribution is -2.22. The van der Waals surface area contributed by atoms with Crippen LogP contribution < -0.4 is 20.9 Å². The fourth-order valence-electron chi connectivity index (χ4n) is 5.71. The van der Waals surface area contributed by atoms with Gasteiger partial charge < -0.3 is 20.9 Å². The van der Waals surface area contributed by atoms with E-state index in [4.69, 9.17) is 20.9 Å². The third-order valence-electron chi connectivity index (χ3n) is 7.75. The van der Waals surface area contributed by atoms with E-state index >= 15 is 0 Å². The number of hydrogen-bond acceptors (Lipinski definition) is 8. The minimum absolute atomic E-state index is 0.0786. The highest BCUT2D eigenvalue weighted by Gasteiger charge is 2.38. The molecule has 0 saturated heterocycles. The summed E-state index contributed by atoms with van der Waals surface area (Å²) >= 11 is 0. The predicted molar refractivity (Wildman–Crippen MR) is 153 cm³/mol. The number of nitrogens with one attached hydrogen (secondary N) is 2. The van der Waals surface area contributed by atoms with E-state index < -0.39 is 23.5 Å². The standard InChI is InChI=1S/C32H20F2N8O2/c33-19-9-5-17(6-10-19)27-25-23(21(13-35)29(37)43-31(25)41-39-27)15-1-2-16(4-3-15)24-22(14-36)30(38)44-32-26(24)28(40-42-32)18-7-11-20(34)12-8-18/h1-12,23-24H,37-38H2,(H,39,41)(H,40,42)/t23-,24+. The Kier molecular flexibility index (Phi) is 6.11. The molecule has 3 aromatic carbocycles. The third kappa shape index (κ3) is 4.13. The molecule has 2 aromatic heterocycles. The van der Waals surface area contributed by atoms with E-state index in [9.17, 15) is 19.3 Å². The van der Waals surface area contributed by atoms with E-state index in [1.54, 1.807) is 24.3 Å². The van der Waals surface area contributed by atoms with Crippen molar-refractivity contribution in [3.8, 4) is 46.4 Å². The molecular weight excluding hydrogens is 566 g/mol. The number of allylic oxidation sites excluding steroid dienone is 2. The van der Waals surface area contributed by atoms with Crippen LogP contribution in [0.5, 0.6) is 11.8 Å². The molecule has 0 unspecified atom stereocenters. The quantitative estimate of drug-likeness (QED) is 0.223. The Morgan fingerprint density at radius 2 is 0.977 bits per heavy atom. The lowest BCUT2D eigenvalue weighted by molar-refractivity contribution is 0.378. The minimum atomic E-state index is -0.665. The molecule has 0 radical (unpaired) electrons.